The Labute approximate surface area is 106 Å². The van der Waals surface area contributed by atoms with Gasteiger partial charge in [-0.15, -0.1) is 11.8 Å². The van der Waals surface area contributed by atoms with Gasteiger partial charge in [-0.1, -0.05) is 54.9 Å². The van der Waals surface area contributed by atoms with Gasteiger partial charge in [0.15, 0.2) is 0 Å². The van der Waals surface area contributed by atoms with Crippen molar-refractivity contribution in [3.63, 3.8) is 0 Å². The molecule has 0 aromatic heterocycles. The van der Waals surface area contributed by atoms with E-state index in [-0.39, 0.29) is 0 Å². The zero-order valence-electron chi connectivity index (χ0n) is 9.66. The van der Waals surface area contributed by atoms with E-state index in [1.807, 2.05) is 11.8 Å². The molecule has 0 aliphatic rings. The molecule has 0 N–H and O–H groups in total. The molecule has 0 saturated carbocycles. The smallest absolute Gasteiger partial charge is 0.00726 e. The van der Waals surface area contributed by atoms with Crippen LogP contribution in [0.3, 0.4) is 0 Å². The van der Waals surface area contributed by atoms with Crippen LogP contribution in [-0.2, 0) is 0 Å². The number of benzene rings is 1. The van der Waals surface area contributed by atoms with Crippen LogP contribution in [0.2, 0.25) is 0 Å². The van der Waals surface area contributed by atoms with Crippen molar-refractivity contribution in [3.05, 3.63) is 30.3 Å². The zero-order chi connectivity index (χ0) is 11.3. The van der Waals surface area contributed by atoms with Gasteiger partial charge in [0.05, 0.1) is 0 Å². The molecule has 0 aliphatic carbocycles. The normalized spacial score (nSPS) is 13.9. The van der Waals surface area contributed by atoms with Crippen LogP contribution in [0.4, 0.5) is 0 Å². The van der Waals surface area contributed by atoms with Gasteiger partial charge >= 0.3 is 0 Å². The van der Waals surface area contributed by atoms with E-state index < -0.39 is 0 Å². The predicted molar refractivity (Wildman–Crippen MR) is 73.9 cm³/mol. The van der Waals surface area contributed by atoms with E-state index in [2.05, 4.69) is 67.0 Å². The minimum absolute atomic E-state index is 0.380. The minimum Gasteiger partial charge on any atom is -0.126 e. The minimum atomic E-state index is 0.380. The van der Waals surface area contributed by atoms with Crippen molar-refractivity contribution in [2.24, 2.45) is 11.3 Å². The molecule has 1 aromatic rings. The van der Waals surface area contributed by atoms with Crippen molar-refractivity contribution in [1.82, 2.24) is 0 Å². The Morgan fingerprint density at radius 3 is 2.27 bits per heavy atom. The lowest BCUT2D eigenvalue weighted by molar-refractivity contribution is 0.295. The summed E-state index contributed by atoms with van der Waals surface area (Å²) in [6.45, 7) is 6.93. The highest BCUT2D eigenvalue weighted by molar-refractivity contribution is 9.09. The monoisotopic (exact) mass is 286 g/mol. The maximum atomic E-state index is 3.61. The van der Waals surface area contributed by atoms with Gasteiger partial charge in [-0.25, -0.2) is 0 Å². The van der Waals surface area contributed by atoms with E-state index in [1.165, 1.54) is 10.6 Å². The summed E-state index contributed by atoms with van der Waals surface area (Å²) in [7, 11) is 0. The second-order valence-corrected chi connectivity index (χ2v) is 6.58. The zero-order valence-corrected chi connectivity index (χ0v) is 12.1. The summed E-state index contributed by atoms with van der Waals surface area (Å²) in [4.78, 5) is 1.37. The van der Waals surface area contributed by atoms with Crippen LogP contribution in [0.1, 0.15) is 20.8 Å². The SMILES string of the molecule is CC(C)(C)C(CBr)CSc1ccccc1. The maximum Gasteiger partial charge on any atom is 0.00726 e. The van der Waals surface area contributed by atoms with Gasteiger partial charge in [-0.2, -0.15) is 0 Å². The summed E-state index contributed by atoms with van der Waals surface area (Å²) in [5.41, 5.74) is 0.380. The van der Waals surface area contributed by atoms with Gasteiger partial charge < -0.3 is 0 Å². The lowest BCUT2D eigenvalue weighted by atomic mass is 9.83. The Bertz CT molecular complexity index is 276. The molecule has 1 atom stereocenters. The third-order valence-electron chi connectivity index (χ3n) is 2.61. The van der Waals surface area contributed by atoms with E-state index in [0.29, 0.717) is 11.3 Å². The molecule has 0 radical (unpaired) electrons. The molecule has 0 aliphatic heterocycles. The molecule has 15 heavy (non-hydrogen) atoms. The van der Waals surface area contributed by atoms with Crippen LogP contribution in [-0.4, -0.2) is 11.1 Å². The number of halogens is 1. The molecular weight excluding hydrogens is 268 g/mol. The topological polar surface area (TPSA) is 0 Å². The van der Waals surface area contributed by atoms with Gasteiger partial charge in [0, 0.05) is 16.0 Å². The molecule has 0 bridgehead atoms. The third kappa shape index (κ3) is 4.60. The Balaban J connectivity index is 2.49. The molecule has 0 amide bonds. The van der Waals surface area contributed by atoms with Crippen LogP contribution in [0.15, 0.2) is 35.2 Å². The summed E-state index contributed by atoms with van der Waals surface area (Å²) in [6, 6.07) is 10.6. The highest BCUT2D eigenvalue weighted by Crippen LogP contribution is 2.32. The number of hydrogen-bond donors (Lipinski definition) is 0. The largest absolute Gasteiger partial charge is 0.126 e. The average Bonchev–Trinajstić information content (AvgIpc) is 2.18. The summed E-state index contributed by atoms with van der Waals surface area (Å²) in [6.07, 6.45) is 0. The first-order valence-corrected chi connectivity index (χ1v) is 7.38. The molecule has 1 aromatic carbocycles. The van der Waals surface area contributed by atoms with E-state index in [9.17, 15) is 0 Å². The summed E-state index contributed by atoms with van der Waals surface area (Å²) >= 11 is 5.56. The fourth-order valence-electron chi connectivity index (χ4n) is 1.24. The van der Waals surface area contributed by atoms with Gasteiger partial charge in [0.2, 0.25) is 0 Å². The molecular formula is C13H19BrS. The van der Waals surface area contributed by atoms with Crippen LogP contribution in [0.25, 0.3) is 0 Å². The number of alkyl halides is 1. The van der Waals surface area contributed by atoms with Crippen LogP contribution in [0.5, 0.6) is 0 Å². The molecule has 2 heteroatoms. The van der Waals surface area contributed by atoms with Crippen molar-refractivity contribution in [1.29, 1.82) is 0 Å². The lowest BCUT2D eigenvalue weighted by Crippen LogP contribution is -2.23. The van der Waals surface area contributed by atoms with E-state index >= 15 is 0 Å². The Morgan fingerprint density at radius 2 is 1.80 bits per heavy atom. The number of hydrogen-bond acceptors (Lipinski definition) is 1. The molecule has 1 unspecified atom stereocenters. The summed E-state index contributed by atoms with van der Waals surface area (Å²) < 4.78 is 0. The van der Waals surface area contributed by atoms with Crippen molar-refractivity contribution >= 4 is 27.7 Å². The second-order valence-electron chi connectivity index (χ2n) is 4.84. The number of thioether (sulfide) groups is 1. The van der Waals surface area contributed by atoms with Crippen molar-refractivity contribution in [3.8, 4) is 0 Å². The molecule has 0 fully saturated rings. The maximum absolute atomic E-state index is 3.61. The summed E-state index contributed by atoms with van der Waals surface area (Å²) in [5, 5.41) is 1.08. The average molecular weight is 287 g/mol. The van der Waals surface area contributed by atoms with Crippen molar-refractivity contribution in [2.45, 2.75) is 25.7 Å². The first-order chi connectivity index (χ1) is 7.04. The van der Waals surface area contributed by atoms with Crippen LogP contribution in [0, 0.1) is 11.3 Å². The van der Waals surface area contributed by atoms with E-state index in [0.717, 1.165) is 5.33 Å². The molecule has 0 spiro atoms. The molecule has 84 valence electrons. The second kappa shape index (κ2) is 5.95. The highest BCUT2D eigenvalue weighted by Gasteiger charge is 2.23. The van der Waals surface area contributed by atoms with Crippen molar-refractivity contribution in [2.75, 3.05) is 11.1 Å². The first-order valence-electron chi connectivity index (χ1n) is 5.28. The Hall–Kier alpha value is 0.0500. The van der Waals surface area contributed by atoms with Gasteiger partial charge in [0.25, 0.3) is 0 Å². The lowest BCUT2D eigenvalue weighted by Gasteiger charge is -2.28. The van der Waals surface area contributed by atoms with Crippen LogP contribution >= 0.6 is 27.7 Å². The van der Waals surface area contributed by atoms with Crippen molar-refractivity contribution < 1.29 is 0 Å². The fraction of sp³-hybridized carbons (Fsp3) is 0.538. The molecule has 0 heterocycles. The van der Waals surface area contributed by atoms with E-state index in [1.54, 1.807) is 0 Å². The Morgan fingerprint density at radius 1 is 1.20 bits per heavy atom. The van der Waals surface area contributed by atoms with Gasteiger partial charge in [0.1, 0.15) is 0 Å². The van der Waals surface area contributed by atoms with E-state index in [4.69, 9.17) is 0 Å². The van der Waals surface area contributed by atoms with Gasteiger partial charge in [-0.3, -0.25) is 0 Å². The summed E-state index contributed by atoms with van der Waals surface area (Å²) in [5.74, 6) is 1.89. The van der Waals surface area contributed by atoms with Crippen LogP contribution < -0.4 is 0 Å². The number of rotatable bonds is 4. The quantitative estimate of drug-likeness (QED) is 0.564. The Kier molecular flexibility index (Phi) is 5.20. The predicted octanol–water partition coefficient (Wildman–Crippen LogP) is 4.84. The molecule has 0 nitrogen and oxygen atoms in total. The van der Waals surface area contributed by atoms with Gasteiger partial charge in [-0.05, 0) is 23.5 Å². The molecule has 0 saturated heterocycles. The first kappa shape index (κ1) is 13.1. The fourth-order valence-corrected chi connectivity index (χ4v) is 4.10. The molecule has 1 rings (SSSR count). The third-order valence-corrected chi connectivity index (χ3v) is 4.56. The highest BCUT2D eigenvalue weighted by atomic mass is 79.9. The standard InChI is InChI=1S/C13H19BrS/c1-13(2,3)11(9-14)10-15-12-7-5-4-6-8-12/h4-8,11H,9-10H2,1-3H3.